The van der Waals surface area contributed by atoms with Crippen LogP contribution in [0.4, 0.5) is 4.79 Å². The van der Waals surface area contributed by atoms with E-state index < -0.39 is 0 Å². The summed E-state index contributed by atoms with van der Waals surface area (Å²) in [5.41, 5.74) is 2.47. The van der Waals surface area contributed by atoms with E-state index in [0.29, 0.717) is 0 Å². The van der Waals surface area contributed by atoms with Gasteiger partial charge in [0, 0.05) is 19.6 Å². The molecular formula is C14H20N2O. The van der Waals surface area contributed by atoms with Gasteiger partial charge in [-0.3, -0.25) is 0 Å². The number of hydrogen-bond donors (Lipinski definition) is 0. The molecule has 1 atom stereocenters. The van der Waals surface area contributed by atoms with E-state index in [0.717, 1.165) is 6.54 Å². The summed E-state index contributed by atoms with van der Waals surface area (Å²) in [4.78, 5) is 15.8. The topological polar surface area (TPSA) is 23.6 Å². The molecule has 92 valence electrons. The molecule has 1 unspecified atom stereocenters. The molecule has 1 aliphatic heterocycles. The number of benzene rings is 1. The van der Waals surface area contributed by atoms with Gasteiger partial charge in [-0.2, -0.15) is 0 Å². The Labute approximate surface area is 103 Å². The maximum absolute atomic E-state index is 12.0. The summed E-state index contributed by atoms with van der Waals surface area (Å²) in [6.07, 6.45) is 0. The van der Waals surface area contributed by atoms with Crippen molar-refractivity contribution in [3.63, 3.8) is 0 Å². The molecule has 0 radical (unpaired) electrons. The number of hydrogen-bond acceptors (Lipinski definition) is 1. The van der Waals surface area contributed by atoms with E-state index in [-0.39, 0.29) is 18.1 Å². The fourth-order valence-corrected chi connectivity index (χ4v) is 2.27. The van der Waals surface area contributed by atoms with E-state index in [1.54, 1.807) is 0 Å². The summed E-state index contributed by atoms with van der Waals surface area (Å²) in [5, 5.41) is 0. The second-order valence-electron chi connectivity index (χ2n) is 5.07. The van der Waals surface area contributed by atoms with Gasteiger partial charge < -0.3 is 9.80 Å². The second kappa shape index (κ2) is 4.40. The van der Waals surface area contributed by atoms with Crippen LogP contribution >= 0.6 is 0 Å². The minimum absolute atomic E-state index is 0.130. The van der Waals surface area contributed by atoms with Gasteiger partial charge in [-0.1, -0.05) is 29.8 Å². The minimum Gasteiger partial charge on any atom is -0.320 e. The number of likely N-dealkylation sites (N-methyl/N-ethyl adjacent to an activating group) is 1. The number of carbonyl (C=O) groups is 1. The van der Waals surface area contributed by atoms with Crippen LogP contribution in [0.25, 0.3) is 0 Å². The van der Waals surface area contributed by atoms with Crippen molar-refractivity contribution in [2.24, 2.45) is 0 Å². The van der Waals surface area contributed by atoms with E-state index in [4.69, 9.17) is 0 Å². The maximum Gasteiger partial charge on any atom is 0.320 e. The fourth-order valence-electron chi connectivity index (χ4n) is 2.27. The number of aryl methyl sites for hydroxylation is 1. The molecule has 1 heterocycles. The number of carbonyl (C=O) groups excluding carboxylic acids is 1. The standard InChI is InChI=1S/C14H20N2O/c1-10(2)16-9-13(15(4)14(16)17)12-7-5-11(3)6-8-12/h5-8,10,13H,9H2,1-4H3. The predicted molar refractivity (Wildman–Crippen MR) is 68.9 cm³/mol. The third kappa shape index (κ3) is 2.14. The molecule has 2 amide bonds. The van der Waals surface area contributed by atoms with Crippen LogP contribution in [0.1, 0.15) is 31.0 Å². The van der Waals surface area contributed by atoms with Gasteiger partial charge in [0.05, 0.1) is 6.04 Å². The zero-order valence-corrected chi connectivity index (χ0v) is 11.0. The lowest BCUT2D eigenvalue weighted by atomic mass is 10.1. The molecule has 17 heavy (non-hydrogen) atoms. The van der Waals surface area contributed by atoms with Crippen LogP contribution in [0.3, 0.4) is 0 Å². The maximum atomic E-state index is 12.0. The molecule has 0 bridgehead atoms. The van der Waals surface area contributed by atoms with Gasteiger partial charge in [-0.15, -0.1) is 0 Å². The molecular weight excluding hydrogens is 212 g/mol. The lowest BCUT2D eigenvalue weighted by Gasteiger charge is -2.19. The Hall–Kier alpha value is -1.51. The molecule has 3 heteroatoms. The van der Waals surface area contributed by atoms with Crippen LogP contribution in [0.2, 0.25) is 0 Å². The van der Waals surface area contributed by atoms with Gasteiger partial charge in [0.15, 0.2) is 0 Å². The van der Waals surface area contributed by atoms with Crippen molar-refractivity contribution in [3.8, 4) is 0 Å². The van der Waals surface area contributed by atoms with Gasteiger partial charge in [-0.25, -0.2) is 4.79 Å². The van der Waals surface area contributed by atoms with E-state index in [9.17, 15) is 4.79 Å². The summed E-state index contributed by atoms with van der Waals surface area (Å²) in [7, 11) is 1.88. The fraction of sp³-hybridized carbons (Fsp3) is 0.500. The van der Waals surface area contributed by atoms with Crippen LogP contribution < -0.4 is 0 Å². The Morgan fingerprint density at radius 2 is 1.82 bits per heavy atom. The highest BCUT2D eigenvalue weighted by atomic mass is 16.2. The first kappa shape index (κ1) is 12.0. The second-order valence-corrected chi connectivity index (χ2v) is 5.07. The average Bonchev–Trinajstić information content (AvgIpc) is 2.58. The third-order valence-electron chi connectivity index (χ3n) is 3.47. The number of rotatable bonds is 2. The van der Waals surface area contributed by atoms with E-state index in [1.165, 1.54) is 11.1 Å². The smallest absolute Gasteiger partial charge is 0.320 e. The summed E-state index contributed by atoms with van der Waals surface area (Å²) in [5.74, 6) is 0. The van der Waals surface area contributed by atoms with Gasteiger partial charge in [0.1, 0.15) is 0 Å². The van der Waals surface area contributed by atoms with Crippen molar-refractivity contribution in [2.75, 3.05) is 13.6 Å². The normalized spacial score (nSPS) is 20.5. The van der Waals surface area contributed by atoms with Gasteiger partial charge in [-0.05, 0) is 26.3 Å². The zero-order valence-electron chi connectivity index (χ0n) is 11.0. The summed E-state index contributed by atoms with van der Waals surface area (Å²) in [6.45, 7) is 6.98. The van der Waals surface area contributed by atoms with Gasteiger partial charge in [0.25, 0.3) is 0 Å². The Bertz CT molecular complexity index is 411. The Kier molecular flexibility index (Phi) is 3.09. The first-order valence-electron chi connectivity index (χ1n) is 6.10. The van der Waals surface area contributed by atoms with Crippen molar-refractivity contribution < 1.29 is 4.79 Å². The van der Waals surface area contributed by atoms with Gasteiger partial charge >= 0.3 is 6.03 Å². The van der Waals surface area contributed by atoms with Crippen molar-refractivity contribution >= 4 is 6.03 Å². The van der Waals surface area contributed by atoms with Crippen LogP contribution in [-0.2, 0) is 0 Å². The Balaban J connectivity index is 2.23. The summed E-state index contributed by atoms with van der Waals surface area (Å²) in [6, 6.07) is 9.02. The van der Waals surface area contributed by atoms with Crippen LogP contribution in [-0.4, -0.2) is 35.5 Å². The van der Waals surface area contributed by atoms with Crippen LogP contribution in [0, 0.1) is 6.92 Å². The van der Waals surface area contributed by atoms with Crippen molar-refractivity contribution in [1.29, 1.82) is 0 Å². The third-order valence-corrected chi connectivity index (χ3v) is 3.47. The first-order valence-corrected chi connectivity index (χ1v) is 6.10. The van der Waals surface area contributed by atoms with Crippen molar-refractivity contribution in [2.45, 2.75) is 32.9 Å². The van der Waals surface area contributed by atoms with Crippen LogP contribution in [0.15, 0.2) is 24.3 Å². The molecule has 1 aromatic carbocycles. The highest BCUT2D eigenvalue weighted by Gasteiger charge is 2.36. The number of nitrogens with zero attached hydrogens (tertiary/aromatic N) is 2. The zero-order chi connectivity index (χ0) is 12.6. The highest BCUT2D eigenvalue weighted by Crippen LogP contribution is 2.29. The highest BCUT2D eigenvalue weighted by molar-refractivity contribution is 5.77. The molecule has 1 saturated heterocycles. The number of amides is 2. The van der Waals surface area contributed by atoms with Gasteiger partial charge in [0.2, 0.25) is 0 Å². The van der Waals surface area contributed by atoms with E-state index in [1.807, 2.05) is 16.8 Å². The minimum atomic E-state index is 0.130. The molecule has 0 aromatic heterocycles. The lowest BCUT2D eigenvalue weighted by molar-refractivity contribution is 0.187. The Morgan fingerprint density at radius 1 is 1.24 bits per heavy atom. The molecule has 1 aromatic rings. The van der Waals surface area contributed by atoms with E-state index >= 15 is 0 Å². The lowest BCUT2D eigenvalue weighted by Crippen LogP contribution is -2.34. The monoisotopic (exact) mass is 232 g/mol. The van der Waals surface area contributed by atoms with Crippen molar-refractivity contribution in [1.82, 2.24) is 9.80 Å². The SMILES string of the molecule is Cc1ccc(C2CN(C(C)C)C(=O)N2C)cc1. The Morgan fingerprint density at radius 3 is 2.29 bits per heavy atom. The molecule has 1 aliphatic rings. The average molecular weight is 232 g/mol. The molecule has 0 aliphatic carbocycles. The molecule has 3 nitrogen and oxygen atoms in total. The molecule has 0 saturated carbocycles. The molecule has 0 N–H and O–H groups in total. The van der Waals surface area contributed by atoms with Crippen molar-refractivity contribution in [3.05, 3.63) is 35.4 Å². The molecule has 0 spiro atoms. The van der Waals surface area contributed by atoms with E-state index in [2.05, 4.69) is 45.0 Å². The first-order chi connectivity index (χ1) is 8.00. The predicted octanol–water partition coefficient (Wildman–Crippen LogP) is 2.81. The molecule has 1 fully saturated rings. The van der Waals surface area contributed by atoms with Crippen LogP contribution in [0.5, 0.6) is 0 Å². The largest absolute Gasteiger partial charge is 0.320 e. The summed E-state index contributed by atoms with van der Waals surface area (Å²) < 4.78 is 0. The number of urea groups is 1. The summed E-state index contributed by atoms with van der Waals surface area (Å²) >= 11 is 0. The molecule has 2 rings (SSSR count). The quantitative estimate of drug-likeness (QED) is 0.769.